The van der Waals surface area contributed by atoms with Crippen molar-refractivity contribution in [2.24, 2.45) is 10.9 Å². The van der Waals surface area contributed by atoms with Gasteiger partial charge in [-0.15, -0.1) is 0 Å². The number of anilines is 1. The molecule has 1 aliphatic rings. The lowest BCUT2D eigenvalue weighted by atomic mass is 10.3. The number of nitrogens with zero attached hydrogens (tertiary/aromatic N) is 1. The second-order valence-electron chi connectivity index (χ2n) is 5.26. The lowest BCUT2D eigenvalue weighted by Crippen LogP contribution is -2.38. The van der Waals surface area contributed by atoms with Crippen molar-refractivity contribution in [2.45, 2.75) is 12.8 Å². The van der Waals surface area contributed by atoms with Gasteiger partial charge in [-0.1, -0.05) is 0 Å². The molecule has 0 unspecified atom stereocenters. The van der Waals surface area contributed by atoms with Gasteiger partial charge in [0.25, 0.3) is 0 Å². The van der Waals surface area contributed by atoms with Crippen molar-refractivity contribution in [1.82, 2.24) is 10.6 Å². The molecule has 1 aliphatic carbocycles. The first-order valence-corrected chi connectivity index (χ1v) is 7.65. The van der Waals surface area contributed by atoms with Crippen LogP contribution in [0, 0.1) is 5.92 Å². The Balaban J connectivity index is 1.80. The molecular weight excluding hydrogens is 296 g/mol. The molecule has 7 nitrogen and oxygen atoms in total. The highest BCUT2D eigenvalue weighted by Crippen LogP contribution is 2.29. The third-order valence-corrected chi connectivity index (χ3v) is 3.53. The van der Waals surface area contributed by atoms with Gasteiger partial charge in [-0.05, 0) is 25.0 Å². The van der Waals surface area contributed by atoms with Gasteiger partial charge in [-0.25, -0.2) is 0 Å². The van der Waals surface area contributed by atoms with Crippen LogP contribution in [0.4, 0.5) is 5.69 Å². The normalized spacial score (nSPS) is 14.1. The first-order valence-electron chi connectivity index (χ1n) is 7.65. The summed E-state index contributed by atoms with van der Waals surface area (Å²) in [5, 5.41) is 9.22. The SMILES string of the molecule is CN=C(NCCNC(=O)C1CC1)Nc1ccc(OC)c(OC)c1. The number of hydrogen-bond acceptors (Lipinski definition) is 4. The summed E-state index contributed by atoms with van der Waals surface area (Å²) in [5.41, 5.74) is 0.831. The number of carbonyl (C=O) groups excluding carboxylic acids is 1. The molecule has 1 aromatic carbocycles. The monoisotopic (exact) mass is 320 g/mol. The van der Waals surface area contributed by atoms with Crippen molar-refractivity contribution in [3.63, 3.8) is 0 Å². The van der Waals surface area contributed by atoms with Crippen molar-refractivity contribution in [3.05, 3.63) is 18.2 Å². The highest BCUT2D eigenvalue weighted by molar-refractivity contribution is 5.93. The van der Waals surface area contributed by atoms with E-state index in [0.717, 1.165) is 18.5 Å². The summed E-state index contributed by atoms with van der Waals surface area (Å²) in [4.78, 5) is 15.7. The number of benzene rings is 1. The van der Waals surface area contributed by atoms with Crippen molar-refractivity contribution in [1.29, 1.82) is 0 Å². The quantitative estimate of drug-likeness (QED) is 0.400. The summed E-state index contributed by atoms with van der Waals surface area (Å²) < 4.78 is 10.5. The number of ether oxygens (including phenoxy) is 2. The number of rotatable bonds is 7. The molecule has 0 atom stereocenters. The van der Waals surface area contributed by atoms with E-state index < -0.39 is 0 Å². The second-order valence-corrected chi connectivity index (χ2v) is 5.26. The Morgan fingerprint density at radius 3 is 2.48 bits per heavy atom. The fraction of sp³-hybridized carbons (Fsp3) is 0.500. The fourth-order valence-corrected chi connectivity index (χ4v) is 2.09. The molecule has 3 N–H and O–H groups in total. The van der Waals surface area contributed by atoms with E-state index in [1.807, 2.05) is 18.2 Å². The summed E-state index contributed by atoms with van der Waals surface area (Å²) in [6.45, 7) is 1.17. The topological polar surface area (TPSA) is 84.0 Å². The standard InChI is InChI=1S/C16H24N4O3/c1-17-16(19-9-8-18-15(21)11-4-5-11)20-12-6-7-13(22-2)14(10-12)23-3/h6-7,10-11H,4-5,8-9H2,1-3H3,(H,18,21)(H2,17,19,20). The number of amides is 1. The molecule has 0 saturated heterocycles. The molecule has 1 amide bonds. The van der Waals surface area contributed by atoms with Crippen LogP contribution >= 0.6 is 0 Å². The summed E-state index contributed by atoms with van der Waals surface area (Å²) in [7, 11) is 4.89. The number of methoxy groups -OCH3 is 2. The van der Waals surface area contributed by atoms with Crippen LogP contribution in [-0.4, -0.2) is 46.2 Å². The van der Waals surface area contributed by atoms with Gasteiger partial charge in [0, 0.05) is 37.8 Å². The van der Waals surface area contributed by atoms with E-state index in [0.29, 0.717) is 30.5 Å². The van der Waals surface area contributed by atoms with Gasteiger partial charge >= 0.3 is 0 Å². The van der Waals surface area contributed by atoms with Gasteiger partial charge in [-0.2, -0.15) is 0 Å². The molecule has 126 valence electrons. The molecule has 1 fully saturated rings. The first kappa shape index (κ1) is 16.9. The molecule has 0 radical (unpaired) electrons. The molecule has 23 heavy (non-hydrogen) atoms. The Bertz CT molecular complexity index is 570. The zero-order chi connectivity index (χ0) is 16.7. The minimum atomic E-state index is 0.148. The van der Waals surface area contributed by atoms with Gasteiger partial charge in [0.1, 0.15) is 0 Å². The van der Waals surface area contributed by atoms with Gasteiger partial charge in [0.05, 0.1) is 14.2 Å². The number of aliphatic imine (C=N–C) groups is 1. The third kappa shape index (κ3) is 5.05. The summed E-state index contributed by atoms with van der Waals surface area (Å²) >= 11 is 0. The van der Waals surface area contributed by atoms with E-state index in [-0.39, 0.29) is 11.8 Å². The number of hydrogen-bond donors (Lipinski definition) is 3. The van der Waals surface area contributed by atoms with Crippen LogP contribution in [0.1, 0.15) is 12.8 Å². The average molecular weight is 320 g/mol. The maximum atomic E-state index is 11.5. The Kier molecular flexibility index (Phi) is 6.08. The third-order valence-electron chi connectivity index (χ3n) is 3.53. The van der Waals surface area contributed by atoms with Crippen molar-refractivity contribution < 1.29 is 14.3 Å². The Morgan fingerprint density at radius 2 is 1.87 bits per heavy atom. The lowest BCUT2D eigenvalue weighted by Gasteiger charge is -2.14. The van der Waals surface area contributed by atoms with Crippen molar-refractivity contribution in [3.8, 4) is 11.5 Å². The number of guanidine groups is 1. The minimum Gasteiger partial charge on any atom is -0.493 e. The zero-order valence-corrected chi connectivity index (χ0v) is 13.8. The molecule has 0 spiro atoms. The van der Waals surface area contributed by atoms with E-state index >= 15 is 0 Å². The van der Waals surface area contributed by atoms with Crippen LogP contribution in [0.15, 0.2) is 23.2 Å². The molecule has 0 heterocycles. The molecule has 2 rings (SSSR count). The highest BCUT2D eigenvalue weighted by atomic mass is 16.5. The second kappa shape index (κ2) is 8.26. The minimum absolute atomic E-state index is 0.148. The largest absolute Gasteiger partial charge is 0.493 e. The molecular formula is C16H24N4O3. The Labute approximate surface area is 136 Å². The van der Waals surface area contributed by atoms with E-state index in [1.165, 1.54) is 0 Å². The predicted molar refractivity (Wildman–Crippen MR) is 90.3 cm³/mol. The molecule has 0 aromatic heterocycles. The highest BCUT2D eigenvalue weighted by Gasteiger charge is 2.28. The van der Waals surface area contributed by atoms with Crippen LogP contribution in [0.3, 0.4) is 0 Å². The summed E-state index contributed by atoms with van der Waals surface area (Å²) in [5.74, 6) is 2.32. The lowest BCUT2D eigenvalue weighted by molar-refractivity contribution is -0.122. The Morgan fingerprint density at radius 1 is 1.17 bits per heavy atom. The van der Waals surface area contributed by atoms with Crippen LogP contribution in [0.5, 0.6) is 11.5 Å². The smallest absolute Gasteiger partial charge is 0.223 e. The maximum absolute atomic E-state index is 11.5. The Hall–Kier alpha value is -2.44. The van der Waals surface area contributed by atoms with Crippen molar-refractivity contribution >= 4 is 17.6 Å². The summed E-state index contributed by atoms with van der Waals surface area (Å²) in [6, 6.07) is 5.54. The molecule has 1 aromatic rings. The number of carbonyl (C=O) groups is 1. The predicted octanol–water partition coefficient (Wildman–Crippen LogP) is 1.22. The molecule has 1 saturated carbocycles. The summed E-state index contributed by atoms with van der Waals surface area (Å²) in [6.07, 6.45) is 2.03. The zero-order valence-electron chi connectivity index (χ0n) is 13.8. The maximum Gasteiger partial charge on any atom is 0.223 e. The van der Waals surface area contributed by atoms with E-state index in [9.17, 15) is 4.79 Å². The first-order chi connectivity index (χ1) is 11.2. The van der Waals surface area contributed by atoms with E-state index in [2.05, 4.69) is 20.9 Å². The van der Waals surface area contributed by atoms with Crippen LogP contribution in [0.25, 0.3) is 0 Å². The molecule has 0 bridgehead atoms. The average Bonchev–Trinajstić information content (AvgIpc) is 3.42. The molecule has 7 heteroatoms. The van der Waals surface area contributed by atoms with Gasteiger partial charge in [0.2, 0.25) is 5.91 Å². The van der Waals surface area contributed by atoms with Crippen LogP contribution < -0.4 is 25.4 Å². The van der Waals surface area contributed by atoms with Crippen LogP contribution in [0.2, 0.25) is 0 Å². The number of nitrogens with one attached hydrogen (secondary N) is 3. The fourth-order valence-electron chi connectivity index (χ4n) is 2.09. The van der Waals surface area contributed by atoms with Crippen LogP contribution in [-0.2, 0) is 4.79 Å². The van der Waals surface area contributed by atoms with Gasteiger partial charge < -0.3 is 25.4 Å². The van der Waals surface area contributed by atoms with E-state index in [4.69, 9.17) is 9.47 Å². The molecule has 0 aliphatic heterocycles. The van der Waals surface area contributed by atoms with Gasteiger partial charge in [-0.3, -0.25) is 9.79 Å². The van der Waals surface area contributed by atoms with Crippen molar-refractivity contribution in [2.75, 3.05) is 39.7 Å². The van der Waals surface area contributed by atoms with Gasteiger partial charge in [0.15, 0.2) is 17.5 Å². The van der Waals surface area contributed by atoms with E-state index in [1.54, 1.807) is 21.3 Å².